The number of imidazole rings is 1. The zero-order valence-corrected chi connectivity index (χ0v) is 16.5. The molecular weight excluding hydrogens is 407 g/mol. The largest absolute Gasteiger partial charge is 0.416 e. The van der Waals surface area contributed by atoms with E-state index >= 15 is 0 Å². The molecule has 0 amide bonds. The number of aromatic nitrogens is 2. The standard InChI is InChI=1S/C23H16F3N3S/c24-23(25,26)19-10-11-21-20(12-19)28-22(29(21)14-16-6-2-1-3-7-16)30-15-18-9-5-4-8-17(18)13-27/h1-12H,14-15H2. The molecular formula is C23H16F3N3S. The number of alkyl halides is 3. The average molecular weight is 423 g/mol. The van der Waals surface area contributed by atoms with Crippen molar-refractivity contribution in [3.63, 3.8) is 0 Å². The van der Waals surface area contributed by atoms with Crippen LogP contribution in [-0.4, -0.2) is 9.55 Å². The summed E-state index contributed by atoms with van der Waals surface area (Å²) in [5, 5.41) is 9.91. The number of hydrogen-bond acceptors (Lipinski definition) is 3. The minimum Gasteiger partial charge on any atom is -0.314 e. The normalized spacial score (nSPS) is 11.5. The van der Waals surface area contributed by atoms with Crippen LogP contribution >= 0.6 is 11.8 Å². The number of halogens is 3. The van der Waals surface area contributed by atoms with Gasteiger partial charge in [0, 0.05) is 5.75 Å². The van der Waals surface area contributed by atoms with Gasteiger partial charge in [0.15, 0.2) is 5.16 Å². The van der Waals surface area contributed by atoms with Gasteiger partial charge in [0.25, 0.3) is 0 Å². The maximum Gasteiger partial charge on any atom is 0.416 e. The molecule has 7 heteroatoms. The van der Waals surface area contributed by atoms with Gasteiger partial charge in [0.2, 0.25) is 0 Å². The van der Waals surface area contributed by atoms with E-state index in [0.717, 1.165) is 23.3 Å². The fourth-order valence-corrected chi connectivity index (χ4v) is 4.23. The molecule has 3 aromatic carbocycles. The van der Waals surface area contributed by atoms with E-state index in [9.17, 15) is 18.4 Å². The third kappa shape index (κ3) is 4.19. The van der Waals surface area contributed by atoms with Crippen LogP contribution in [0.15, 0.2) is 78.0 Å². The summed E-state index contributed by atoms with van der Waals surface area (Å²) in [6.07, 6.45) is -4.42. The lowest BCUT2D eigenvalue weighted by Crippen LogP contribution is -2.05. The van der Waals surface area contributed by atoms with Crippen molar-refractivity contribution in [1.82, 2.24) is 9.55 Å². The lowest BCUT2D eigenvalue weighted by atomic mass is 10.1. The van der Waals surface area contributed by atoms with Crippen molar-refractivity contribution in [3.05, 3.63) is 95.1 Å². The van der Waals surface area contributed by atoms with E-state index in [0.29, 0.717) is 34.1 Å². The molecule has 0 saturated heterocycles. The monoisotopic (exact) mass is 423 g/mol. The third-order valence-electron chi connectivity index (χ3n) is 4.72. The first-order chi connectivity index (χ1) is 14.5. The Balaban J connectivity index is 1.74. The Bertz CT molecular complexity index is 1220. The van der Waals surface area contributed by atoms with Crippen LogP contribution in [0, 0.1) is 11.3 Å². The van der Waals surface area contributed by atoms with E-state index in [2.05, 4.69) is 11.1 Å². The van der Waals surface area contributed by atoms with Gasteiger partial charge >= 0.3 is 6.18 Å². The van der Waals surface area contributed by atoms with Crippen molar-refractivity contribution < 1.29 is 13.2 Å². The Hall–Kier alpha value is -3.24. The van der Waals surface area contributed by atoms with Crippen LogP contribution in [0.1, 0.15) is 22.3 Å². The molecule has 0 atom stereocenters. The van der Waals surface area contributed by atoms with Crippen molar-refractivity contribution in [1.29, 1.82) is 5.26 Å². The van der Waals surface area contributed by atoms with Crippen LogP contribution in [0.3, 0.4) is 0 Å². The first kappa shape index (κ1) is 20.0. The molecule has 1 heterocycles. The van der Waals surface area contributed by atoms with Crippen LogP contribution < -0.4 is 0 Å². The van der Waals surface area contributed by atoms with Gasteiger partial charge in [-0.15, -0.1) is 0 Å². The number of rotatable bonds is 5. The predicted molar refractivity (Wildman–Crippen MR) is 111 cm³/mol. The number of nitrogens with zero attached hydrogens (tertiary/aromatic N) is 3. The first-order valence-corrected chi connectivity index (χ1v) is 10.2. The molecule has 1 aromatic heterocycles. The summed E-state index contributed by atoms with van der Waals surface area (Å²) in [5.74, 6) is 0.494. The maximum absolute atomic E-state index is 13.2. The van der Waals surface area contributed by atoms with Gasteiger partial charge in [0.1, 0.15) is 0 Å². The zero-order valence-electron chi connectivity index (χ0n) is 15.7. The van der Waals surface area contributed by atoms with Crippen molar-refractivity contribution in [3.8, 4) is 6.07 Å². The summed E-state index contributed by atoms with van der Waals surface area (Å²) < 4.78 is 41.4. The Labute approximate surface area is 175 Å². The van der Waals surface area contributed by atoms with Crippen molar-refractivity contribution >= 4 is 22.8 Å². The van der Waals surface area contributed by atoms with Gasteiger partial charge in [-0.3, -0.25) is 0 Å². The summed E-state index contributed by atoms with van der Waals surface area (Å²) >= 11 is 1.41. The molecule has 150 valence electrons. The third-order valence-corrected chi connectivity index (χ3v) is 5.74. The second-order valence-corrected chi connectivity index (χ2v) is 7.67. The molecule has 0 N–H and O–H groups in total. The number of benzene rings is 3. The van der Waals surface area contributed by atoms with E-state index in [-0.39, 0.29) is 0 Å². The molecule has 4 aromatic rings. The Morgan fingerprint density at radius 3 is 2.43 bits per heavy atom. The van der Waals surface area contributed by atoms with Crippen molar-refractivity contribution in [2.75, 3.05) is 0 Å². The molecule has 4 rings (SSSR count). The van der Waals surface area contributed by atoms with Gasteiger partial charge in [-0.2, -0.15) is 18.4 Å². The highest BCUT2D eigenvalue weighted by Gasteiger charge is 2.31. The first-order valence-electron chi connectivity index (χ1n) is 9.18. The molecule has 0 aliphatic heterocycles. The highest BCUT2D eigenvalue weighted by atomic mass is 32.2. The molecule has 0 unspecified atom stereocenters. The predicted octanol–water partition coefficient (Wildman–Crippen LogP) is 6.27. The van der Waals surface area contributed by atoms with E-state index in [1.807, 2.05) is 47.0 Å². The lowest BCUT2D eigenvalue weighted by Gasteiger charge is -2.10. The molecule has 3 nitrogen and oxygen atoms in total. The molecule has 0 bridgehead atoms. The highest BCUT2D eigenvalue weighted by Crippen LogP contribution is 2.34. The lowest BCUT2D eigenvalue weighted by molar-refractivity contribution is -0.137. The highest BCUT2D eigenvalue weighted by molar-refractivity contribution is 7.98. The Kier molecular flexibility index (Phi) is 5.51. The smallest absolute Gasteiger partial charge is 0.314 e. The van der Waals surface area contributed by atoms with Gasteiger partial charge in [-0.05, 0) is 35.4 Å². The summed E-state index contributed by atoms with van der Waals surface area (Å²) in [7, 11) is 0. The van der Waals surface area contributed by atoms with Crippen LogP contribution in [0.25, 0.3) is 11.0 Å². The zero-order chi connectivity index (χ0) is 21.1. The summed E-state index contributed by atoms with van der Waals surface area (Å²) in [6, 6.07) is 22.8. The van der Waals surface area contributed by atoms with E-state index < -0.39 is 11.7 Å². The fourth-order valence-electron chi connectivity index (χ4n) is 3.21. The van der Waals surface area contributed by atoms with Gasteiger partial charge in [0.05, 0.1) is 34.8 Å². The Morgan fingerprint density at radius 2 is 1.70 bits per heavy atom. The summed E-state index contributed by atoms with van der Waals surface area (Å²) in [6.45, 7) is 0.491. The van der Waals surface area contributed by atoms with Crippen LogP contribution in [0.5, 0.6) is 0 Å². The second-order valence-electron chi connectivity index (χ2n) is 6.72. The van der Waals surface area contributed by atoms with Gasteiger partial charge in [-0.25, -0.2) is 4.98 Å². The minimum absolute atomic E-state index is 0.303. The van der Waals surface area contributed by atoms with Gasteiger partial charge < -0.3 is 4.57 Å². The van der Waals surface area contributed by atoms with Crippen molar-refractivity contribution in [2.45, 2.75) is 23.6 Å². The SMILES string of the molecule is N#Cc1ccccc1CSc1nc2cc(C(F)(F)F)ccc2n1Cc1ccccc1. The number of hydrogen-bond donors (Lipinski definition) is 0. The van der Waals surface area contributed by atoms with E-state index in [4.69, 9.17) is 0 Å². The van der Waals surface area contributed by atoms with Gasteiger partial charge in [-0.1, -0.05) is 60.3 Å². The minimum atomic E-state index is -4.42. The summed E-state index contributed by atoms with van der Waals surface area (Å²) in [4.78, 5) is 4.50. The molecule has 0 spiro atoms. The number of nitriles is 1. The number of thioether (sulfide) groups is 1. The maximum atomic E-state index is 13.2. The molecule has 0 radical (unpaired) electrons. The van der Waals surface area contributed by atoms with Crippen LogP contribution in [-0.2, 0) is 18.5 Å². The van der Waals surface area contributed by atoms with Crippen molar-refractivity contribution in [2.24, 2.45) is 0 Å². The second kappa shape index (κ2) is 8.25. The van der Waals surface area contributed by atoms with Crippen LogP contribution in [0.4, 0.5) is 13.2 Å². The number of fused-ring (bicyclic) bond motifs is 1. The quantitative estimate of drug-likeness (QED) is 0.356. The van der Waals surface area contributed by atoms with E-state index in [1.54, 1.807) is 12.1 Å². The van der Waals surface area contributed by atoms with E-state index in [1.165, 1.54) is 17.8 Å². The topological polar surface area (TPSA) is 41.6 Å². The van der Waals surface area contributed by atoms with Crippen LogP contribution in [0.2, 0.25) is 0 Å². The molecule has 0 fully saturated rings. The average Bonchev–Trinajstić information content (AvgIpc) is 3.09. The molecule has 0 aliphatic carbocycles. The summed E-state index contributed by atoms with van der Waals surface area (Å²) in [5.41, 5.74) is 2.69. The molecule has 0 aliphatic rings. The Morgan fingerprint density at radius 1 is 0.967 bits per heavy atom. The molecule has 0 saturated carbocycles. The fraction of sp³-hybridized carbons (Fsp3) is 0.130. The molecule has 30 heavy (non-hydrogen) atoms.